The molecule has 2 heterocycles. The molecule has 0 bridgehead atoms. The molecule has 3 nitrogen and oxygen atoms in total. The van der Waals surface area contributed by atoms with Crippen LogP contribution in [0, 0.1) is 0 Å². The number of hydrogen-bond acceptors (Lipinski definition) is 3. The number of furan rings is 1. The Morgan fingerprint density at radius 2 is 1.06 bits per heavy atom. The summed E-state index contributed by atoms with van der Waals surface area (Å²) >= 11 is 0. The number of fused-ring (bicyclic) bond motifs is 6. The van der Waals surface area contributed by atoms with Crippen LogP contribution < -0.4 is 5.46 Å². The standard InChI is InChI=1S/C43H35BO3/c1-41(2)42(3,4)47-44(46-41)38-20-12-17-35-34-26-23-29(27-39(34)45-40(35)38)28-21-24-31(25-22-28)43(30-13-6-5-7-14-30)36-18-10-8-15-32(36)33-16-9-11-19-37(33)43/h5-27H,1-4H3. The second-order valence-corrected chi connectivity index (χ2v) is 13.9. The SMILES string of the molecule is CC1(C)OB(c2cccc3c2oc2cc(-c4ccc(C5(c6ccccc6)c6ccccc6-c6ccccc65)cc4)ccc23)OC1(C)C. The summed E-state index contributed by atoms with van der Waals surface area (Å²) in [5, 5.41) is 2.15. The molecule has 1 fully saturated rings. The van der Waals surface area contributed by atoms with E-state index < -0.39 is 23.7 Å². The van der Waals surface area contributed by atoms with Crippen molar-refractivity contribution in [2.75, 3.05) is 0 Å². The molecule has 0 spiro atoms. The Bertz CT molecular complexity index is 2250. The highest BCUT2D eigenvalue weighted by Gasteiger charge is 2.52. The van der Waals surface area contributed by atoms with E-state index in [4.69, 9.17) is 13.7 Å². The van der Waals surface area contributed by atoms with Crippen molar-refractivity contribution in [1.29, 1.82) is 0 Å². The Morgan fingerprint density at radius 3 is 1.72 bits per heavy atom. The molecular weight excluding hydrogens is 575 g/mol. The van der Waals surface area contributed by atoms with E-state index in [0.717, 1.165) is 38.5 Å². The van der Waals surface area contributed by atoms with Gasteiger partial charge in [0.15, 0.2) is 0 Å². The van der Waals surface area contributed by atoms with E-state index in [2.05, 4.69) is 161 Å². The molecule has 0 unspecified atom stereocenters. The maximum atomic E-state index is 6.59. The smallest absolute Gasteiger partial charge is 0.456 e. The minimum Gasteiger partial charge on any atom is -0.456 e. The fourth-order valence-corrected chi connectivity index (χ4v) is 7.78. The largest absolute Gasteiger partial charge is 0.498 e. The van der Waals surface area contributed by atoms with Crippen molar-refractivity contribution < 1.29 is 13.7 Å². The molecule has 1 aromatic heterocycles. The molecule has 7 aromatic rings. The van der Waals surface area contributed by atoms with Crippen LogP contribution in [0.25, 0.3) is 44.2 Å². The minimum atomic E-state index is -0.487. The third-order valence-corrected chi connectivity index (χ3v) is 10.8. The molecule has 0 amide bonds. The lowest BCUT2D eigenvalue weighted by Gasteiger charge is -2.34. The Labute approximate surface area is 275 Å². The Kier molecular flexibility index (Phi) is 6.06. The van der Waals surface area contributed by atoms with Crippen LogP contribution in [0.5, 0.6) is 0 Å². The molecule has 47 heavy (non-hydrogen) atoms. The summed E-state index contributed by atoms with van der Waals surface area (Å²) in [6, 6.07) is 50.5. The molecule has 1 aliphatic carbocycles. The van der Waals surface area contributed by atoms with Gasteiger partial charge in [0.05, 0.1) is 16.6 Å². The Balaban J connectivity index is 1.15. The maximum absolute atomic E-state index is 6.59. The average molecular weight is 611 g/mol. The first kappa shape index (κ1) is 28.3. The summed E-state index contributed by atoms with van der Waals surface area (Å²) in [7, 11) is -0.487. The third-order valence-electron chi connectivity index (χ3n) is 10.8. The van der Waals surface area contributed by atoms with Gasteiger partial charge in [0.1, 0.15) is 11.2 Å². The van der Waals surface area contributed by atoms with Crippen LogP contribution in [0.3, 0.4) is 0 Å². The lowest BCUT2D eigenvalue weighted by atomic mass is 9.67. The normalized spacial score (nSPS) is 17.2. The molecular formula is C43H35BO3. The van der Waals surface area contributed by atoms with Crippen molar-refractivity contribution in [3.8, 4) is 22.3 Å². The van der Waals surface area contributed by atoms with E-state index in [0.29, 0.717) is 0 Å². The van der Waals surface area contributed by atoms with Crippen molar-refractivity contribution >= 4 is 34.5 Å². The maximum Gasteiger partial charge on any atom is 0.498 e. The lowest BCUT2D eigenvalue weighted by Crippen LogP contribution is -2.41. The molecule has 0 N–H and O–H groups in total. The van der Waals surface area contributed by atoms with Gasteiger partial charge in [-0.1, -0.05) is 127 Å². The van der Waals surface area contributed by atoms with Crippen molar-refractivity contribution in [2.45, 2.75) is 44.3 Å². The zero-order chi connectivity index (χ0) is 32.0. The van der Waals surface area contributed by atoms with Crippen LogP contribution in [0.15, 0.2) is 144 Å². The van der Waals surface area contributed by atoms with E-state index in [9.17, 15) is 0 Å². The van der Waals surface area contributed by atoms with Crippen molar-refractivity contribution in [3.05, 3.63) is 162 Å². The fourth-order valence-electron chi connectivity index (χ4n) is 7.78. The van der Waals surface area contributed by atoms with Gasteiger partial charge in [0.25, 0.3) is 0 Å². The van der Waals surface area contributed by atoms with Gasteiger partial charge < -0.3 is 13.7 Å². The molecule has 6 aromatic carbocycles. The quantitative estimate of drug-likeness (QED) is 0.186. The summed E-state index contributed by atoms with van der Waals surface area (Å²) in [5.74, 6) is 0. The molecule has 0 radical (unpaired) electrons. The third kappa shape index (κ3) is 4.02. The summed E-state index contributed by atoms with van der Waals surface area (Å²) < 4.78 is 19.4. The van der Waals surface area contributed by atoms with Gasteiger partial charge in [-0.25, -0.2) is 0 Å². The van der Waals surface area contributed by atoms with Gasteiger partial charge in [-0.2, -0.15) is 0 Å². The van der Waals surface area contributed by atoms with Crippen LogP contribution in [0.2, 0.25) is 0 Å². The zero-order valence-electron chi connectivity index (χ0n) is 27.1. The second kappa shape index (κ2) is 10.1. The molecule has 9 rings (SSSR count). The first-order valence-electron chi connectivity index (χ1n) is 16.4. The van der Waals surface area contributed by atoms with Crippen LogP contribution in [0.4, 0.5) is 0 Å². The van der Waals surface area contributed by atoms with Crippen LogP contribution in [-0.4, -0.2) is 18.3 Å². The zero-order valence-corrected chi connectivity index (χ0v) is 27.1. The Morgan fingerprint density at radius 1 is 0.489 bits per heavy atom. The van der Waals surface area contributed by atoms with Gasteiger partial charge in [-0.3, -0.25) is 0 Å². The predicted molar refractivity (Wildman–Crippen MR) is 192 cm³/mol. The monoisotopic (exact) mass is 610 g/mol. The topological polar surface area (TPSA) is 31.6 Å². The number of rotatable bonds is 4. The average Bonchev–Trinajstić information content (AvgIpc) is 3.69. The fraction of sp³-hybridized carbons (Fsp3) is 0.163. The van der Waals surface area contributed by atoms with Gasteiger partial charge in [-0.05, 0) is 84.3 Å². The Hall–Kier alpha value is -4.90. The molecule has 4 heteroatoms. The number of hydrogen-bond donors (Lipinski definition) is 0. The second-order valence-electron chi connectivity index (χ2n) is 13.9. The predicted octanol–water partition coefficient (Wildman–Crippen LogP) is 9.92. The van der Waals surface area contributed by atoms with Crippen molar-refractivity contribution in [1.82, 2.24) is 0 Å². The summed E-state index contributed by atoms with van der Waals surface area (Å²) in [4.78, 5) is 0. The van der Waals surface area contributed by atoms with Gasteiger partial charge >= 0.3 is 7.12 Å². The summed E-state index contributed by atoms with van der Waals surface area (Å²) in [6.07, 6.45) is 0. The molecule has 228 valence electrons. The van der Waals surface area contributed by atoms with Crippen molar-refractivity contribution in [3.63, 3.8) is 0 Å². The van der Waals surface area contributed by atoms with E-state index in [1.54, 1.807) is 0 Å². The van der Waals surface area contributed by atoms with E-state index in [1.807, 2.05) is 6.07 Å². The van der Waals surface area contributed by atoms with E-state index in [-0.39, 0.29) is 0 Å². The summed E-state index contributed by atoms with van der Waals surface area (Å²) in [6.45, 7) is 8.31. The first-order valence-corrected chi connectivity index (χ1v) is 16.4. The highest BCUT2D eigenvalue weighted by Crippen LogP contribution is 2.56. The van der Waals surface area contributed by atoms with Crippen LogP contribution >= 0.6 is 0 Å². The van der Waals surface area contributed by atoms with Gasteiger partial charge in [-0.15, -0.1) is 0 Å². The number of benzene rings is 6. The molecule has 2 aliphatic rings. The van der Waals surface area contributed by atoms with Gasteiger partial charge in [0.2, 0.25) is 0 Å². The van der Waals surface area contributed by atoms with E-state index >= 15 is 0 Å². The number of para-hydroxylation sites is 1. The highest BCUT2D eigenvalue weighted by atomic mass is 16.7. The van der Waals surface area contributed by atoms with Crippen LogP contribution in [0.1, 0.15) is 49.9 Å². The molecule has 1 saturated heterocycles. The highest BCUT2D eigenvalue weighted by molar-refractivity contribution is 6.65. The van der Waals surface area contributed by atoms with Gasteiger partial charge in [0, 0.05) is 16.2 Å². The van der Waals surface area contributed by atoms with E-state index in [1.165, 1.54) is 33.4 Å². The van der Waals surface area contributed by atoms with Crippen LogP contribution in [-0.2, 0) is 14.7 Å². The summed E-state index contributed by atoms with van der Waals surface area (Å²) in [5.41, 5.74) is 11.4. The lowest BCUT2D eigenvalue weighted by molar-refractivity contribution is 0.00578. The molecule has 0 atom stereocenters. The molecule has 1 aliphatic heterocycles. The minimum absolute atomic E-state index is 0.403. The molecule has 0 saturated carbocycles. The first-order chi connectivity index (χ1) is 22.8. The van der Waals surface area contributed by atoms with Crippen molar-refractivity contribution in [2.24, 2.45) is 0 Å².